The Hall–Kier alpha value is -0.850. The Morgan fingerprint density at radius 3 is 2.39 bits per heavy atom. The van der Waals surface area contributed by atoms with Crippen molar-refractivity contribution in [1.82, 2.24) is 0 Å². The molecule has 0 radical (unpaired) electrons. The lowest BCUT2D eigenvalue weighted by Gasteiger charge is -2.29. The second-order valence-corrected chi connectivity index (χ2v) is 5.80. The molecule has 0 amide bonds. The SMILES string of the molecule is C[N+]1(C)CCCC(C#N)(c2ccccc2)CC1.[Br-]. The van der Waals surface area contributed by atoms with Crippen LogP contribution in [0.2, 0.25) is 0 Å². The topological polar surface area (TPSA) is 23.8 Å². The molecule has 1 fully saturated rings. The van der Waals surface area contributed by atoms with Gasteiger partial charge in [-0.1, -0.05) is 30.3 Å². The van der Waals surface area contributed by atoms with Gasteiger partial charge in [0.15, 0.2) is 0 Å². The molecule has 2 rings (SSSR count). The van der Waals surface area contributed by atoms with Crippen LogP contribution in [-0.4, -0.2) is 31.7 Å². The molecular weight excluding hydrogens is 288 g/mol. The minimum absolute atomic E-state index is 0. The average Bonchev–Trinajstić information content (AvgIpc) is 2.50. The lowest BCUT2D eigenvalue weighted by Crippen LogP contribution is -3.00. The summed E-state index contributed by atoms with van der Waals surface area (Å²) >= 11 is 0. The molecule has 0 N–H and O–H groups in total. The Labute approximate surface area is 121 Å². The van der Waals surface area contributed by atoms with Crippen LogP contribution >= 0.6 is 0 Å². The molecule has 18 heavy (non-hydrogen) atoms. The van der Waals surface area contributed by atoms with Gasteiger partial charge in [-0.25, -0.2) is 0 Å². The van der Waals surface area contributed by atoms with Crippen LogP contribution in [0.5, 0.6) is 0 Å². The van der Waals surface area contributed by atoms with E-state index < -0.39 is 0 Å². The molecule has 1 aliphatic rings. The molecule has 1 atom stereocenters. The third kappa shape index (κ3) is 3.13. The van der Waals surface area contributed by atoms with Crippen molar-refractivity contribution in [3.05, 3.63) is 35.9 Å². The fourth-order valence-electron chi connectivity index (χ4n) is 2.76. The van der Waals surface area contributed by atoms with Crippen LogP contribution in [0.15, 0.2) is 30.3 Å². The van der Waals surface area contributed by atoms with Gasteiger partial charge in [-0.15, -0.1) is 0 Å². The zero-order valence-electron chi connectivity index (χ0n) is 11.2. The lowest BCUT2D eigenvalue weighted by atomic mass is 9.76. The van der Waals surface area contributed by atoms with Crippen molar-refractivity contribution in [3.63, 3.8) is 0 Å². The maximum atomic E-state index is 9.63. The van der Waals surface area contributed by atoms with E-state index >= 15 is 0 Å². The number of halogens is 1. The van der Waals surface area contributed by atoms with Crippen LogP contribution in [-0.2, 0) is 5.41 Å². The molecule has 0 bridgehead atoms. The van der Waals surface area contributed by atoms with E-state index in [4.69, 9.17) is 0 Å². The van der Waals surface area contributed by atoms with Gasteiger partial charge in [-0.3, -0.25) is 0 Å². The fraction of sp³-hybridized carbons (Fsp3) is 0.533. The van der Waals surface area contributed by atoms with E-state index in [9.17, 15) is 5.26 Å². The second-order valence-electron chi connectivity index (χ2n) is 5.80. The summed E-state index contributed by atoms with van der Waals surface area (Å²) in [7, 11) is 4.52. The van der Waals surface area contributed by atoms with Gasteiger partial charge in [0.1, 0.15) is 0 Å². The minimum Gasteiger partial charge on any atom is -1.00 e. The molecule has 98 valence electrons. The Bertz CT molecular complexity index is 422. The molecule has 0 spiro atoms. The van der Waals surface area contributed by atoms with Crippen LogP contribution < -0.4 is 17.0 Å². The highest BCUT2D eigenvalue weighted by atomic mass is 79.9. The summed E-state index contributed by atoms with van der Waals surface area (Å²) in [5.41, 5.74) is 0.942. The number of benzene rings is 1. The number of rotatable bonds is 1. The van der Waals surface area contributed by atoms with Crippen molar-refractivity contribution in [3.8, 4) is 6.07 Å². The Morgan fingerprint density at radius 1 is 1.11 bits per heavy atom. The Morgan fingerprint density at radius 2 is 1.78 bits per heavy atom. The third-order valence-electron chi connectivity index (χ3n) is 4.05. The monoisotopic (exact) mass is 308 g/mol. The number of nitriles is 1. The molecular formula is C15H21BrN2. The molecule has 1 saturated heterocycles. The van der Waals surface area contributed by atoms with Gasteiger partial charge in [0.05, 0.1) is 38.7 Å². The number of likely N-dealkylation sites (tertiary alicyclic amines) is 1. The first kappa shape index (κ1) is 15.2. The van der Waals surface area contributed by atoms with Gasteiger partial charge >= 0.3 is 0 Å². The first-order valence-electron chi connectivity index (χ1n) is 6.37. The Kier molecular flexibility index (Phi) is 4.95. The van der Waals surface area contributed by atoms with Crippen molar-refractivity contribution < 1.29 is 21.5 Å². The number of nitrogens with zero attached hydrogens (tertiary/aromatic N) is 2. The smallest absolute Gasteiger partial charge is 0.0877 e. The number of hydrogen-bond acceptors (Lipinski definition) is 1. The van der Waals surface area contributed by atoms with Gasteiger partial charge in [0.25, 0.3) is 0 Å². The fourth-order valence-corrected chi connectivity index (χ4v) is 2.76. The van der Waals surface area contributed by atoms with Crippen molar-refractivity contribution >= 4 is 0 Å². The molecule has 0 aliphatic carbocycles. The van der Waals surface area contributed by atoms with E-state index in [1.807, 2.05) is 18.2 Å². The number of quaternary nitrogens is 1. The van der Waals surface area contributed by atoms with Crippen LogP contribution in [0.25, 0.3) is 0 Å². The van der Waals surface area contributed by atoms with E-state index in [-0.39, 0.29) is 22.4 Å². The van der Waals surface area contributed by atoms with Crippen molar-refractivity contribution in [2.75, 3.05) is 27.2 Å². The summed E-state index contributed by atoms with van der Waals surface area (Å²) in [6.07, 6.45) is 3.10. The zero-order chi connectivity index (χ0) is 12.4. The molecule has 0 aromatic heterocycles. The van der Waals surface area contributed by atoms with Gasteiger partial charge in [0.2, 0.25) is 0 Å². The van der Waals surface area contributed by atoms with Gasteiger partial charge in [-0.05, 0) is 18.4 Å². The first-order chi connectivity index (χ1) is 8.08. The highest BCUT2D eigenvalue weighted by molar-refractivity contribution is 5.32. The maximum Gasteiger partial charge on any atom is 0.0877 e. The van der Waals surface area contributed by atoms with Gasteiger partial charge in [0, 0.05) is 6.42 Å². The van der Waals surface area contributed by atoms with Crippen molar-refractivity contribution in [2.24, 2.45) is 0 Å². The summed E-state index contributed by atoms with van der Waals surface area (Å²) in [6.45, 7) is 2.26. The first-order valence-corrected chi connectivity index (χ1v) is 6.37. The van der Waals surface area contributed by atoms with Crippen LogP contribution in [0.3, 0.4) is 0 Å². The summed E-state index contributed by atoms with van der Waals surface area (Å²) in [4.78, 5) is 0. The van der Waals surface area contributed by atoms with E-state index in [2.05, 4.69) is 32.3 Å². The van der Waals surface area contributed by atoms with E-state index in [1.165, 1.54) is 12.1 Å². The van der Waals surface area contributed by atoms with Crippen LogP contribution in [0.1, 0.15) is 24.8 Å². The molecule has 1 heterocycles. The van der Waals surface area contributed by atoms with Gasteiger partial charge in [-0.2, -0.15) is 5.26 Å². The predicted molar refractivity (Wildman–Crippen MR) is 69.4 cm³/mol. The predicted octanol–water partition coefficient (Wildman–Crippen LogP) is -0.288. The van der Waals surface area contributed by atoms with E-state index in [0.717, 1.165) is 30.3 Å². The zero-order valence-corrected chi connectivity index (χ0v) is 12.8. The van der Waals surface area contributed by atoms with Gasteiger partial charge < -0.3 is 21.5 Å². The molecule has 1 aromatic carbocycles. The normalized spacial score (nSPS) is 26.5. The highest BCUT2D eigenvalue weighted by Crippen LogP contribution is 2.35. The maximum absolute atomic E-state index is 9.63. The molecule has 2 nitrogen and oxygen atoms in total. The van der Waals surface area contributed by atoms with Crippen molar-refractivity contribution in [2.45, 2.75) is 24.7 Å². The van der Waals surface area contributed by atoms with E-state index in [0.29, 0.717) is 0 Å². The minimum atomic E-state index is -0.257. The largest absolute Gasteiger partial charge is 1.00 e. The summed E-state index contributed by atoms with van der Waals surface area (Å²) < 4.78 is 1.04. The lowest BCUT2D eigenvalue weighted by molar-refractivity contribution is -0.889. The average molecular weight is 309 g/mol. The molecule has 1 aliphatic heterocycles. The van der Waals surface area contributed by atoms with Crippen molar-refractivity contribution in [1.29, 1.82) is 5.26 Å². The second kappa shape index (κ2) is 5.86. The van der Waals surface area contributed by atoms with E-state index in [1.54, 1.807) is 0 Å². The van der Waals surface area contributed by atoms with Crippen LogP contribution in [0, 0.1) is 11.3 Å². The standard InChI is InChI=1S/C15H21N2.BrH/c1-17(2)11-6-9-15(13-16,10-12-17)14-7-4-3-5-8-14;/h3-5,7-8H,6,9-12H2,1-2H3;1H/q+1;/p-1. The summed E-state index contributed by atoms with van der Waals surface area (Å²) in [5.74, 6) is 0. The summed E-state index contributed by atoms with van der Waals surface area (Å²) in [5, 5.41) is 9.63. The highest BCUT2D eigenvalue weighted by Gasteiger charge is 2.37. The molecule has 1 unspecified atom stereocenters. The van der Waals surface area contributed by atoms with Crippen LogP contribution in [0.4, 0.5) is 0 Å². The summed E-state index contributed by atoms with van der Waals surface area (Å²) in [6, 6.07) is 12.9. The molecule has 1 aromatic rings. The molecule has 0 saturated carbocycles. The molecule has 3 heteroatoms. The Balaban J connectivity index is 0.00000162. The third-order valence-corrected chi connectivity index (χ3v) is 4.05. The number of hydrogen-bond donors (Lipinski definition) is 0. The quantitative estimate of drug-likeness (QED) is 0.654.